The molecule has 29 heavy (non-hydrogen) atoms. The van der Waals surface area contributed by atoms with Crippen LogP contribution in [0.2, 0.25) is 0 Å². The van der Waals surface area contributed by atoms with Gasteiger partial charge in [-0.05, 0) is 49.3 Å². The second kappa shape index (κ2) is 9.44. The second-order valence-electron chi connectivity index (χ2n) is 7.80. The third-order valence-corrected chi connectivity index (χ3v) is 6.83. The number of carbonyl (C=O) groups excluding carboxylic acids is 2. The molecule has 5 nitrogen and oxygen atoms in total. The molecule has 2 amide bonds. The van der Waals surface area contributed by atoms with Crippen molar-refractivity contribution in [2.45, 2.75) is 38.1 Å². The van der Waals surface area contributed by atoms with E-state index in [0.717, 1.165) is 44.5 Å². The van der Waals surface area contributed by atoms with E-state index in [1.54, 1.807) is 11.3 Å². The first kappa shape index (κ1) is 20.0. The van der Waals surface area contributed by atoms with Crippen molar-refractivity contribution in [3.63, 3.8) is 0 Å². The van der Waals surface area contributed by atoms with E-state index in [9.17, 15) is 9.59 Å². The maximum absolute atomic E-state index is 13.2. The Morgan fingerprint density at radius 2 is 1.86 bits per heavy atom. The van der Waals surface area contributed by atoms with Gasteiger partial charge < -0.3 is 14.5 Å². The summed E-state index contributed by atoms with van der Waals surface area (Å²) in [4.78, 5) is 31.1. The van der Waals surface area contributed by atoms with Gasteiger partial charge in [-0.25, -0.2) is 0 Å². The summed E-state index contributed by atoms with van der Waals surface area (Å²) in [5.41, 5.74) is 0. The van der Waals surface area contributed by atoms with Crippen LogP contribution in [0.5, 0.6) is 5.75 Å². The average molecular weight is 413 g/mol. The average Bonchev–Trinajstić information content (AvgIpc) is 3.45. The number of hydrogen-bond donors (Lipinski definition) is 0. The summed E-state index contributed by atoms with van der Waals surface area (Å²) >= 11 is 1.73. The Labute approximate surface area is 176 Å². The highest BCUT2D eigenvalue weighted by Gasteiger charge is 2.36. The first-order valence-electron chi connectivity index (χ1n) is 10.5. The van der Waals surface area contributed by atoms with Gasteiger partial charge >= 0.3 is 0 Å². The molecule has 2 unspecified atom stereocenters. The molecule has 2 aliphatic heterocycles. The van der Waals surface area contributed by atoms with Crippen molar-refractivity contribution in [1.82, 2.24) is 9.80 Å². The minimum absolute atomic E-state index is 0.0784. The first-order valence-corrected chi connectivity index (χ1v) is 11.4. The summed E-state index contributed by atoms with van der Waals surface area (Å²) in [6.07, 6.45) is 4.20. The Morgan fingerprint density at radius 1 is 1.03 bits per heavy atom. The van der Waals surface area contributed by atoms with Crippen molar-refractivity contribution in [1.29, 1.82) is 0 Å². The molecule has 6 heteroatoms. The van der Waals surface area contributed by atoms with E-state index >= 15 is 0 Å². The number of thiophene rings is 1. The van der Waals surface area contributed by atoms with Crippen LogP contribution in [0, 0.1) is 5.92 Å². The van der Waals surface area contributed by atoms with Crippen LogP contribution in [0.15, 0.2) is 47.8 Å². The predicted molar refractivity (Wildman–Crippen MR) is 114 cm³/mol. The van der Waals surface area contributed by atoms with Crippen molar-refractivity contribution in [3.8, 4) is 5.75 Å². The standard InChI is InChI=1S/C23H28N2O3S/c26-22(12-15-28-19-8-2-1-3-9-19)24-13-4-7-18(17-24)23(27)25-14-5-10-20(25)21-11-6-16-29-21/h1-3,6,8-9,11,16,18,20H,4-5,7,10,12-15,17H2. The van der Waals surface area contributed by atoms with Crippen molar-refractivity contribution in [2.24, 2.45) is 5.92 Å². The molecule has 0 aliphatic carbocycles. The Morgan fingerprint density at radius 3 is 2.66 bits per heavy atom. The number of ether oxygens (including phenoxy) is 1. The van der Waals surface area contributed by atoms with Crippen LogP contribution in [0.3, 0.4) is 0 Å². The number of amides is 2. The maximum atomic E-state index is 13.2. The summed E-state index contributed by atoms with van der Waals surface area (Å²) in [5, 5.41) is 2.08. The molecule has 2 aliphatic rings. The second-order valence-corrected chi connectivity index (χ2v) is 8.77. The fraction of sp³-hybridized carbons (Fsp3) is 0.478. The maximum Gasteiger partial charge on any atom is 0.228 e. The van der Waals surface area contributed by atoms with E-state index < -0.39 is 0 Å². The summed E-state index contributed by atoms with van der Waals surface area (Å²) in [5.74, 6) is 0.998. The topological polar surface area (TPSA) is 49.9 Å². The molecule has 0 saturated carbocycles. The van der Waals surface area contributed by atoms with Gasteiger partial charge in [-0.1, -0.05) is 24.3 Å². The molecule has 2 aromatic rings. The molecule has 2 saturated heterocycles. The van der Waals surface area contributed by atoms with E-state index in [4.69, 9.17) is 4.74 Å². The van der Waals surface area contributed by atoms with Gasteiger partial charge in [0.15, 0.2) is 0 Å². The van der Waals surface area contributed by atoms with Crippen molar-refractivity contribution >= 4 is 23.2 Å². The highest BCUT2D eigenvalue weighted by molar-refractivity contribution is 7.10. The Bertz CT molecular complexity index is 809. The predicted octanol–water partition coefficient (Wildman–Crippen LogP) is 4.12. The lowest BCUT2D eigenvalue weighted by Gasteiger charge is -2.35. The van der Waals surface area contributed by atoms with Crippen LogP contribution in [0.25, 0.3) is 0 Å². The van der Waals surface area contributed by atoms with E-state index in [2.05, 4.69) is 22.4 Å². The molecule has 0 N–H and O–H groups in total. The largest absolute Gasteiger partial charge is 0.493 e. The zero-order valence-electron chi connectivity index (χ0n) is 16.7. The summed E-state index contributed by atoms with van der Waals surface area (Å²) in [6, 6.07) is 13.9. The quantitative estimate of drug-likeness (QED) is 0.717. The number of piperidine rings is 1. The summed E-state index contributed by atoms with van der Waals surface area (Å²) in [7, 11) is 0. The minimum atomic E-state index is -0.0803. The molecular weight excluding hydrogens is 384 g/mol. The van der Waals surface area contributed by atoms with E-state index in [-0.39, 0.29) is 23.8 Å². The van der Waals surface area contributed by atoms with E-state index in [0.29, 0.717) is 19.6 Å². The van der Waals surface area contributed by atoms with Gasteiger partial charge in [0.25, 0.3) is 0 Å². The van der Waals surface area contributed by atoms with Crippen molar-refractivity contribution < 1.29 is 14.3 Å². The molecule has 0 spiro atoms. The lowest BCUT2D eigenvalue weighted by Crippen LogP contribution is -2.46. The van der Waals surface area contributed by atoms with Crippen LogP contribution >= 0.6 is 11.3 Å². The van der Waals surface area contributed by atoms with E-state index in [1.165, 1.54) is 4.88 Å². The molecule has 2 fully saturated rings. The normalized spacial score (nSPS) is 21.9. The van der Waals surface area contributed by atoms with Crippen molar-refractivity contribution in [2.75, 3.05) is 26.2 Å². The summed E-state index contributed by atoms with van der Waals surface area (Å²) in [6.45, 7) is 2.47. The monoisotopic (exact) mass is 412 g/mol. The number of para-hydroxylation sites is 1. The van der Waals surface area contributed by atoms with Crippen LogP contribution in [-0.4, -0.2) is 47.9 Å². The number of nitrogens with zero attached hydrogens (tertiary/aromatic N) is 2. The molecule has 2 atom stereocenters. The van der Waals surface area contributed by atoms with Crippen LogP contribution in [0.1, 0.15) is 43.0 Å². The van der Waals surface area contributed by atoms with Gasteiger partial charge in [0.05, 0.1) is 25.0 Å². The molecule has 154 valence electrons. The highest BCUT2D eigenvalue weighted by atomic mass is 32.1. The highest BCUT2D eigenvalue weighted by Crippen LogP contribution is 2.36. The molecular formula is C23H28N2O3S. The molecule has 3 heterocycles. The van der Waals surface area contributed by atoms with Crippen molar-refractivity contribution in [3.05, 3.63) is 52.7 Å². The van der Waals surface area contributed by atoms with Gasteiger partial charge in [0.1, 0.15) is 5.75 Å². The summed E-state index contributed by atoms with van der Waals surface area (Å²) < 4.78 is 5.66. The smallest absolute Gasteiger partial charge is 0.228 e. The zero-order chi connectivity index (χ0) is 20.1. The zero-order valence-corrected chi connectivity index (χ0v) is 17.5. The lowest BCUT2D eigenvalue weighted by atomic mass is 9.95. The van der Waals surface area contributed by atoms with Gasteiger partial charge in [-0.15, -0.1) is 11.3 Å². The number of rotatable bonds is 6. The first-order chi connectivity index (χ1) is 14.2. The van der Waals surface area contributed by atoms with Crippen LogP contribution in [0.4, 0.5) is 0 Å². The van der Waals surface area contributed by atoms with Gasteiger partial charge in [-0.2, -0.15) is 0 Å². The number of hydrogen-bond acceptors (Lipinski definition) is 4. The van der Waals surface area contributed by atoms with Gasteiger partial charge in [0, 0.05) is 24.5 Å². The molecule has 0 bridgehead atoms. The molecule has 1 aromatic carbocycles. The molecule has 1 aromatic heterocycles. The SMILES string of the molecule is O=C(CCOc1ccccc1)N1CCCC(C(=O)N2CCCC2c2cccs2)C1. The van der Waals surface area contributed by atoms with Gasteiger partial charge in [0.2, 0.25) is 11.8 Å². The minimum Gasteiger partial charge on any atom is -0.493 e. The fourth-order valence-electron chi connectivity index (χ4n) is 4.38. The number of likely N-dealkylation sites (tertiary alicyclic amines) is 2. The molecule has 0 radical (unpaired) electrons. The lowest BCUT2D eigenvalue weighted by molar-refractivity contribution is -0.141. The Balaban J connectivity index is 1.30. The van der Waals surface area contributed by atoms with Gasteiger partial charge in [-0.3, -0.25) is 9.59 Å². The Kier molecular flexibility index (Phi) is 6.49. The van der Waals surface area contributed by atoms with Crippen LogP contribution in [-0.2, 0) is 9.59 Å². The fourth-order valence-corrected chi connectivity index (χ4v) is 5.25. The third-order valence-electron chi connectivity index (χ3n) is 5.86. The van der Waals surface area contributed by atoms with E-state index in [1.807, 2.05) is 35.2 Å². The number of carbonyl (C=O) groups is 2. The Hall–Kier alpha value is -2.34. The third kappa shape index (κ3) is 4.81. The molecule has 4 rings (SSSR count). The number of benzene rings is 1. The van der Waals surface area contributed by atoms with Crippen LogP contribution < -0.4 is 4.74 Å².